The van der Waals surface area contributed by atoms with Crippen molar-refractivity contribution in [1.82, 2.24) is 10.3 Å². The Morgan fingerprint density at radius 2 is 1.89 bits per heavy atom. The Morgan fingerprint density at radius 1 is 1.15 bits per heavy atom. The SMILES string of the molecule is Cc1ccc(C)c2[nH]c(=O)c(CCNC(=O)c3cccc([N+](=O)[O-])c3)cc12. The highest BCUT2D eigenvalue weighted by Crippen LogP contribution is 2.19. The van der Waals surface area contributed by atoms with E-state index >= 15 is 0 Å². The van der Waals surface area contributed by atoms with E-state index in [0.717, 1.165) is 22.0 Å². The van der Waals surface area contributed by atoms with Crippen molar-refractivity contribution in [3.8, 4) is 0 Å². The number of non-ortho nitro benzene ring substituents is 1. The summed E-state index contributed by atoms with van der Waals surface area (Å²) in [6.45, 7) is 4.17. The van der Waals surface area contributed by atoms with Gasteiger partial charge < -0.3 is 10.3 Å². The molecule has 1 amide bonds. The number of benzene rings is 2. The molecule has 0 radical (unpaired) electrons. The average Bonchev–Trinajstić information content (AvgIpc) is 2.65. The number of pyridine rings is 1. The molecule has 0 fully saturated rings. The third kappa shape index (κ3) is 3.87. The van der Waals surface area contributed by atoms with Gasteiger partial charge in [0.15, 0.2) is 0 Å². The molecule has 3 aromatic rings. The molecule has 2 aromatic carbocycles. The first-order chi connectivity index (χ1) is 12.9. The van der Waals surface area contributed by atoms with Gasteiger partial charge in [-0.3, -0.25) is 19.7 Å². The van der Waals surface area contributed by atoms with E-state index in [1.54, 1.807) is 0 Å². The van der Waals surface area contributed by atoms with Crippen molar-refractivity contribution in [1.29, 1.82) is 0 Å². The van der Waals surface area contributed by atoms with Gasteiger partial charge in [0.05, 0.1) is 10.4 Å². The smallest absolute Gasteiger partial charge is 0.270 e. The second-order valence-corrected chi connectivity index (χ2v) is 6.43. The van der Waals surface area contributed by atoms with Crippen LogP contribution in [-0.2, 0) is 6.42 Å². The van der Waals surface area contributed by atoms with Crippen molar-refractivity contribution in [2.45, 2.75) is 20.3 Å². The number of aromatic nitrogens is 1. The lowest BCUT2D eigenvalue weighted by atomic mass is 10.0. The summed E-state index contributed by atoms with van der Waals surface area (Å²) in [5.41, 5.74) is 3.36. The Kier molecular flexibility index (Phi) is 5.03. The molecule has 27 heavy (non-hydrogen) atoms. The number of H-pyrrole nitrogens is 1. The normalized spacial score (nSPS) is 10.7. The molecule has 3 rings (SSSR count). The fourth-order valence-corrected chi connectivity index (χ4v) is 2.98. The first kappa shape index (κ1) is 18.3. The fourth-order valence-electron chi connectivity index (χ4n) is 2.98. The van der Waals surface area contributed by atoms with E-state index in [4.69, 9.17) is 0 Å². The van der Waals surface area contributed by atoms with Crippen LogP contribution in [0.5, 0.6) is 0 Å². The lowest BCUT2D eigenvalue weighted by Crippen LogP contribution is -2.27. The van der Waals surface area contributed by atoms with E-state index in [1.165, 1.54) is 24.3 Å². The number of hydrogen-bond acceptors (Lipinski definition) is 4. The topological polar surface area (TPSA) is 105 Å². The summed E-state index contributed by atoms with van der Waals surface area (Å²) in [6, 6.07) is 11.4. The molecule has 0 saturated carbocycles. The molecule has 1 heterocycles. The summed E-state index contributed by atoms with van der Waals surface area (Å²) in [6.07, 6.45) is 0.360. The number of carbonyl (C=O) groups excluding carboxylic acids is 1. The molecule has 0 aliphatic rings. The molecule has 0 unspecified atom stereocenters. The summed E-state index contributed by atoms with van der Waals surface area (Å²) < 4.78 is 0. The Labute approximate surface area is 155 Å². The standard InChI is InChI=1S/C20H19N3O4/c1-12-6-7-13(2)18-17(12)11-15(20(25)22-18)8-9-21-19(24)14-4-3-5-16(10-14)23(26)27/h3-7,10-11H,8-9H2,1-2H3,(H,21,24)(H,22,25). The number of nitro benzene ring substituents is 1. The molecule has 0 bridgehead atoms. The zero-order valence-corrected chi connectivity index (χ0v) is 15.0. The predicted molar refractivity (Wildman–Crippen MR) is 103 cm³/mol. The van der Waals surface area contributed by atoms with Crippen molar-refractivity contribution in [2.24, 2.45) is 0 Å². The summed E-state index contributed by atoms with van der Waals surface area (Å²) in [4.78, 5) is 37.7. The number of nitrogens with zero attached hydrogens (tertiary/aromatic N) is 1. The third-order valence-electron chi connectivity index (χ3n) is 4.52. The third-order valence-corrected chi connectivity index (χ3v) is 4.52. The first-order valence-electron chi connectivity index (χ1n) is 8.51. The number of nitrogens with one attached hydrogen (secondary N) is 2. The van der Waals surface area contributed by atoms with Gasteiger partial charge in [-0.15, -0.1) is 0 Å². The van der Waals surface area contributed by atoms with E-state index in [0.29, 0.717) is 12.0 Å². The predicted octanol–water partition coefficient (Wildman–Crippen LogP) is 3.03. The lowest BCUT2D eigenvalue weighted by Gasteiger charge is -2.09. The Morgan fingerprint density at radius 3 is 2.63 bits per heavy atom. The summed E-state index contributed by atoms with van der Waals surface area (Å²) >= 11 is 0. The van der Waals surface area contributed by atoms with E-state index in [-0.39, 0.29) is 23.4 Å². The van der Waals surface area contributed by atoms with Crippen LogP contribution in [0.4, 0.5) is 5.69 Å². The molecular formula is C20H19N3O4. The van der Waals surface area contributed by atoms with Crippen LogP contribution in [-0.4, -0.2) is 22.4 Å². The first-order valence-corrected chi connectivity index (χ1v) is 8.51. The second-order valence-electron chi connectivity index (χ2n) is 6.43. The molecular weight excluding hydrogens is 346 g/mol. The van der Waals surface area contributed by atoms with E-state index in [1.807, 2.05) is 32.0 Å². The molecule has 7 heteroatoms. The van der Waals surface area contributed by atoms with Crippen molar-refractivity contribution < 1.29 is 9.72 Å². The number of fused-ring (bicyclic) bond motifs is 1. The quantitative estimate of drug-likeness (QED) is 0.535. The molecule has 2 N–H and O–H groups in total. The van der Waals surface area contributed by atoms with Crippen LogP contribution in [0.15, 0.2) is 47.3 Å². The molecule has 7 nitrogen and oxygen atoms in total. The number of amides is 1. The maximum absolute atomic E-state index is 12.3. The number of hydrogen-bond donors (Lipinski definition) is 2. The zero-order valence-electron chi connectivity index (χ0n) is 15.0. The van der Waals surface area contributed by atoms with Crippen LogP contribution >= 0.6 is 0 Å². The van der Waals surface area contributed by atoms with Gasteiger partial charge in [-0.05, 0) is 43.5 Å². The lowest BCUT2D eigenvalue weighted by molar-refractivity contribution is -0.384. The average molecular weight is 365 g/mol. The zero-order chi connectivity index (χ0) is 19.6. The number of carbonyl (C=O) groups is 1. The van der Waals surface area contributed by atoms with E-state index in [2.05, 4.69) is 10.3 Å². The Bertz CT molecular complexity index is 1100. The highest BCUT2D eigenvalue weighted by molar-refractivity contribution is 5.94. The van der Waals surface area contributed by atoms with Crippen LogP contribution in [0.2, 0.25) is 0 Å². The van der Waals surface area contributed by atoms with Gasteiger partial charge in [-0.25, -0.2) is 0 Å². The van der Waals surface area contributed by atoms with E-state index < -0.39 is 10.8 Å². The number of aromatic amines is 1. The fraction of sp³-hybridized carbons (Fsp3) is 0.200. The summed E-state index contributed by atoms with van der Waals surface area (Å²) in [7, 11) is 0. The van der Waals surface area contributed by atoms with Crippen LogP contribution in [0.1, 0.15) is 27.0 Å². The molecule has 0 spiro atoms. The molecule has 0 saturated heterocycles. The van der Waals surface area contributed by atoms with Crippen LogP contribution in [0, 0.1) is 24.0 Å². The van der Waals surface area contributed by atoms with Gasteiger partial charge in [-0.1, -0.05) is 18.2 Å². The van der Waals surface area contributed by atoms with Gasteiger partial charge in [0.25, 0.3) is 17.2 Å². The van der Waals surface area contributed by atoms with Gasteiger partial charge in [0.2, 0.25) is 0 Å². The molecule has 0 aliphatic heterocycles. The Hall–Kier alpha value is -3.48. The number of rotatable bonds is 5. The minimum Gasteiger partial charge on any atom is -0.352 e. The van der Waals surface area contributed by atoms with Crippen molar-refractivity contribution in [3.63, 3.8) is 0 Å². The number of aryl methyl sites for hydroxylation is 2. The molecule has 138 valence electrons. The highest BCUT2D eigenvalue weighted by Gasteiger charge is 2.12. The largest absolute Gasteiger partial charge is 0.352 e. The maximum Gasteiger partial charge on any atom is 0.270 e. The molecule has 1 aromatic heterocycles. The van der Waals surface area contributed by atoms with Crippen LogP contribution in [0.25, 0.3) is 10.9 Å². The van der Waals surface area contributed by atoms with Gasteiger partial charge in [0, 0.05) is 35.2 Å². The summed E-state index contributed by atoms with van der Waals surface area (Å²) in [5, 5.41) is 14.5. The van der Waals surface area contributed by atoms with Crippen molar-refractivity contribution in [2.75, 3.05) is 6.54 Å². The minimum atomic E-state index is -0.546. The van der Waals surface area contributed by atoms with Crippen molar-refractivity contribution in [3.05, 3.63) is 85.2 Å². The Balaban J connectivity index is 1.74. The minimum absolute atomic E-state index is 0.139. The van der Waals surface area contributed by atoms with Crippen molar-refractivity contribution >= 4 is 22.5 Å². The number of nitro groups is 1. The molecule has 0 atom stereocenters. The molecule has 0 aliphatic carbocycles. The van der Waals surface area contributed by atoms with Crippen LogP contribution < -0.4 is 10.9 Å². The van der Waals surface area contributed by atoms with Crippen LogP contribution in [0.3, 0.4) is 0 Å². The van der Waals surface area contributed by atoms with E-state index in [9.17, 15) is 19.7 Å². The highest BCUT2D eigenvalue weighted by atomic mass is 16.6. The van der Waals surface area contributed by atoms with Gasteiger partial charge in [0.1, 0.15) is 0 Å². The monoisotopic (exact) mass is 365 g/mol. The van der Waals surface area contributed by atoms with Gasteiger partial charge in [-0.2, -0.15) is 0 Å². The summed E-state index contributed by atoms with van der Waals surface area (Å²) in [5.74, 6) is -0.414. The maximum atomic E-state index is 12.3. The second kappa shape index (κ2) is 7.41. The van der Waals surface area contributed by atoms with Gasteiger partial charge >= 0.3 is 0 Å².